The Bertz CT molecular complexity index is 811. The Morgan fingerprint density at radius 3 is 2.77 bits per heavy atom. The highest BCUT2D eigenvalue weighted by atomic mass is 16.1. The molecule has 2 aromatic heterocycles. The van der Waals surface area contributed by atoms with E-state index >= 15 is 0 Å². The van der Waals surface area contributed by atoms with Crippen LogP contribution in [-0.4, -0.2) is 31.8 Å². The highest BCUT2D eigenvalue weighted by molar-refractivity contribution is 6.04. The Hall–Kier alpha value is -2.63. The van der Waals surface area contributed by atoms with Crippen molar-refractivity contribution in [3.63, 3.8) is 0 Å². The van der Waals surface area contributed by atoms with E-state index in [9.17, 15) is 4.79 Å². The first-order valence-electron chi connectivity index (χ1n) is 7.26. The van der Waals surface area contributed by atoms with Crippen molar-refractivity contribution >= 4 is 16.8 Å². The van der Waals surface area contributed by atoms with Crippen LogP contribution in [0.1, 0.15) is 22.0 Å². The molecule has 1 amide bonds. The van der Waals surface area contributed by atoms with E-state index in [1.54, 1.807) is 4.68 Å². The van der Waals surface area contributed by atoms with Crippen molar-refractivity contribution in [3.05, 3.63) is 47.7 Å². The van der Waals surface area contributed by atoms with Crippen LogP contribution in [0.15, 0.2) is 30.5 Å². The number of fused-ring (bicyclic) bond motifs is 1. The van der Waals surface area contributed by atoms with E-state index in [4.69, 9.17) is 0 Å². The number of carbonyl (C=O) groups is 1. The van der Waals surface area contributed by atoms with Gasteiger partial charge in [0.2, 0.25) is 0 Å². The Balaban J connectivity index is 1.72. The summed E-state index contributed by atoms with van der Waals surface area (Å²) >= 11 is 0. The summed E-state index contributed by atoms with van der Waals surface area (Å²) in [5.41, 5.74) is 2.51. The standard InChI is InChI=1S/C16H19N5O/c1-11-10-18-12(2)21(11)9-8-17-16(22)15-13-6-4-5-7-14(13)20(3)19-15/h4-7,10H,8-9H2,1-3H3,(H,17,22). The Labute approximate surface area is 128 Å². The van der Waals surface area contributed by atoms with E-state index in [1.807, 2.05) is 51.4 Å². The summed E-state index contributed by atoms with van der Waals surface area (Å²) in [6, 6.07) is 7.73. The molecule has 0 bridgehead atoms. The van der Waals surface area contributed by atoms with E-state index in [0.29, 0.717) is 18.8 Å². The van der Waals surface area contributed by atoms with Crippen LogP contribution in [0.2, 0.25) is 0 Å². The molecular formula is C16H19N5O. The van der Waals surface area contributed by atoms with E-state index in [0.717, 1.165) is 22.4 Å². The van der Waals surface area contributed by atoms with Gasteiger partial charge in [-0.1, -0.05) is 18.2 Å². The van der Waals surface area contributed by atoms with Gasteiger partial charge in [-0.2, -0.15) is 5.10 Å². The van der Waals surface area contributed by atoms with Crippen molar-refractivity contribution in [2.45, 2.75) is 20.4 Å². The number of aryl methyl sites for hydroxylation is 3. The third-order valence-corrected chi connectivity index (χ3v) is 3.85. The highest BCUT2D eigenvalue weighted by Crippen LogP contribution is 2.17. The van der Waals surface area contributed by atoms with Gasteiger partial charge in [-0.25, -0.2) is 4.98 Å². The number of rotatable bonds is 4. The van der Waals surface area contributed by atoms with Crippen LogP contribution in [0.25, 0.3) is 10.9 Å². The van der Waals surface area contributed by atoms with Crippen LogP contribution in [0, 0.1) is 13.8 Å². The second-order valence-corrected chi connectivity index (χ2v) is 5.34. The SMILES string of the molecule is Cc1cnc(C)n1CCNC(=O)c1nn(C)c2ccccc12. The van der Waals surface area contributed by atoms with Crippen LogP contribution >= 0.6 is 0 Å². The lowest BCUT2D eigenvalue weighted by atomic mass is 10.2. The normalized spacial score (nSPS) is 11.0. The molecular weight excluding hydrogens is 278 g/mol. The fourth-order valence-electron chi connectivity index (χ4n) is 2.67. The topological polar surface area (TPSA) is 64.7 Å². The first-order chi connectivity index (χ1) is 10.6. The van der Waals surface area contributed by atoms with Crippen LogP contribution in [0.3, 0.4) is 0 Å². The lowest BCUT2D eigenvalue weighted by Gasteiger charge is -2.08. The Kier molecular flexibility index (Phi) is 3.66. The number of hydrogen-bond acceptors (Lipinski definition) is 3. The van der Waals surface area contributed by atoms with Gasteiger partial charge in [0.25, 0.3) is 5.91 Å². The predicted molar refractivity (Wildman–Crippen MR) is 84.7 cm³/mol. The monoisotopic (exact) mass is 297 g/mol. The van der Waals surface area contributed by atoms with Crippen molar-refractivity contribution in [1.29, 1.82) is 0 Å². The number of amides is 1. The van der Waals surface area contributed by atoms with Gasteiger partial charge in [-0.15, -0.1) is 0 Å². The molecule has 0 spiro atoms. The Morgan fingerprint density at radius 2 is 2.05 bits per heavy atom. The zero-order valence-electron chi connectivity index (χ0n) is 13.0. The van der Waals surface area contributed by atoms with E-state index < -0.39 is 0 Å². The van der Waals surface area contributed by atoms with Gasteiger partial charge in [-0.05, 0) is 19.9 Å². The van der Waals surface area contributed by atoms with Gasteiger partial charge in [0, 0.05) is 37.4 Å². The number of benzene rings is 1. The molecule has 114 valence electrons. The molecule has 22 heavy (non-hydrogen) atoms. The lowest BCUT2D eigenvalue weighted by molar-refractivity contribution is 0.0948. The van der Waals surface area contributed by atoms with Crippen LogP contribution in [0.5, 0.6) is 0 Å². The molecule has 3 rings (SSSR count). The molecule has 0 saturated heterocycles. The van der Waals surface area contributed by atoms with Crippen molar-refractivity contribution in [2.24, 2.45) is 7.05 Å². The zero-order chi connectivity index (χ0) is 15.7. The summed E-state index contributed by atoms with van der Waals surface area (Å²) in [7, 11) is 1.84. The molecule has 6 heteroatoms. The largest absolute Gasteiger partial charge is 0.349 e. The molecule has 0 atom stereocenters. The third kappa shape index (κ3) is 2.47. The summed E-state index contributed by atoms with van der Waals surface area (Å²) in [5.74, 6) is 0.808. The zero-order valence-corrected chi connectivity index (χ0v) is 13.0. The summed E-state index contributed by atoms with van der Waals surface area (Å²) in [4.78, 5) is 16.6. The van der Waals surface area contributed by atoms with Gasteiger partial charge in [-0.3, -0.25) is 9.48 Å². The number of para-hydroxylation sites is 1. The van der Waals surface area contributed by atoms with Gasteiger partial charge >= 0.3 is 0 Å². The van der Waals surface area contributed by atoms with E-state index in [-0.39, 0.29) is 5.91 Å². The second-order valence-electron chi connectivity index (χ2n) is 5.34. The minimum absolute atomic E-state index is 0.146. The maximum absolute atomic E-state index is 12.4. The quantitative estimate of drug-likeness (QED) is 0.799. The number of nitrogens with zero attached hydrogens (tertiary/aromatic N) is 4. The molecule has 0 aliphatic carbocycles. The smallest absolute Gasteiger partial charge is 0.272 e. The number of nitrogens with one attached hydrogen (secondary N) is 1. The fraction of sp³-hybridized carbons (Fsp3) is 0.312. The molecule has 3 aromatic rings. The molecule has 0 radical (unpaired) electrons. The maximum atomic E-state index is 12.4. The summed E-state index contributed by atoms with van der Waals surface area (Å²) in [6.07, 6.45) is 1.84. The van der Waals surface area contributed by atoms with Crippen LogP contribution in [-0.2, 0) is 13.6 Å². The average Bonchev–Trinajstić information content (AvgIpc) is 3.02. The minimum Gasteiger partial charge on any atom is -0.349 e. The fourth-order valence-corrected chi connectivity index (χ4v) is 2.67. The number of hydrogen-bond donors (Lipinski definition) is 1. The third-order valence-electron chi connectivity index (χ3n) is 3.85. The first kappa shape index (κ1) is 14.3. The Morgan fingerprint density at radius 1 is 1.27 bits per heavy atom. The predicted octanol–water partition coefficient (Wildman–Crippen LogP) is 1.82. The molecule has 0 aliphatic heterocycles. The van der Waals surface area contributed by atoms with Gasteiger partial charge in [0.15, 0.2) is 5.69 Å². The minimum atomic E-state index is -0.146. The maximum Gasteiger partial charge on any atom is 0.272 e. The van der Waals surface area contributed by atoms with Crippen molar-refractivity contribution < 1.29 is 4.79 Å². The second kappa shape index (κ2) is 5.63. The van der Waals surface area contributed by atoms with Crippen LogP contribution in [0.4, 0.5) is 0 Å². The highest BCUT2D eigenvalue weighted by Gasteiger charge is 2.15. The molecule has 1 N–H and O–H groups in total. The number of aromatic nitrogens is 4. The molecule has 0 aliphatic rings. The van der Waals surface area contributed by atoms with Gasteiger partial charge < -0.3 is 9.88 Å². The first-order valence-corrected chi connectivity index (χ1v) is 7.26. The number of carbonyl (C=O) groups excluding carboxylic acids is 1. The molecule has 0 saturated carbocycles. The average molecular weight is 297 g/mol. The molecule has 0 unspecified atom stereocenters. The molecule has 6 nitrogen and oxygen atoms in total. The van der Waals surface area contributed by atoms with Gasteiger partial charge in [0.05, 0.1) is 5.52 Å². The number of imidazole rings is 1. The summed E-state index contributed by atoms with van der Waals surface area (Å²) < 4.78 is 3.81. The summed E-state index contributed by atoms with van der Waals surface area (Å²) in [6.45, 7) is 5.21. The molecule has 1 aromatic carbocycles. The molecule has 0 fully saturated rings. The lowest BCUT2D eigenvalue weighted by Crippen LogP contribution is -2.28. The van der Waals surface area contributed by atoms with Crippen molar-refractivity contribution in [1.82, 2.24) is 24.6 Å². The summed E-state index contributed by atoms with van der Waals surface area (Å²) in [5, 5.41) is 8.13. The van der Waals surface area contributed by atoms with Crippen molar-refractivity contribution in [3.8, 4) is 0 Å². The van der Waals surface area contributed by atoms with E-state index in [1.165, 1.54) is 0 Å². The van der Waals surface area contributed by atoms with Gasteiger partial charge in [0.1, 0.15) is 5.82 Å². The van der Waals surface area contributed by atoms with Crippen LogP contribution < -0.4 is 5.32 Å². The van der Waals surface area contributed by atoms with E-state index in [2.05, 4.69) is 20.0 Å². The van der Waals surface area contributed by atoms with Crippen molar-refractivity contribution in [2.75, 3.05) is 6.54 Å². The molecule has 2 heterocycles.